The Labute approximate surface area is 431 Å². The van der Waals surface area contributed by atoms with Gasteiger partial charge in [-0.3, -0.25) is 0 Å². The molecule has 350 valence electrons. The summed E-state index contributed by atoms with van der Waals surface area (Å²) in [6, 6.07) is 29.4. The van der Waals surface area contributed by atoms with Crippen LogP contribution in [0.25, 0.3) is 22.3 Å². The number of methoxy groups -OCH3 is 3. The number of pyridine rings is 2. The maximum Gasteiger partial charge on any atom is 2.00 e. The Hall–Kier alpha value is -4.46. The Morgan fingerprint density at radius 2 is 1.15 bits per heavy atom. The molecular formula is C53H57BrCl2F2MgN4O4. The molecule has 2 aliphatic rings. The summed E-state index contributed by atoms with van der Waals surface area (Å²) in [6.07, 6.45) is 8.47. The molecule has 0 radical (unpaired) electrons. The zero-order valence-electron chi connectivity index (χ0n) is 39.2. The van der Waals surface area contributed by atoms with E-state index in [-0.39, 0.29) is 76.5 Å². The molecule has 2 saturated heterocycles. The number of rotatable bonds is 11. The maximum absolute atomic E-state index is 15.6. The second-order valence-corrected chi connectivity index (χ2v) is 18.1. The van der Waals surface area contributed by atoms with Crippen molar-refractivity contribution in [3.8, 4) is 33.8 Å². The summed E-state index contributed by atoms with van der Waals surface area (Å²) in [6.45, 7) is 8.64. The first-order valence-electron chi connectivity index (χ1n) is 21.5. The van der Waals surface area contributed by atoms with Crippen LogP contribution in [0.4, 0.5) is 20.4 Å². The van der Waals surface area contributed by atoms with E-state index in [4.69, 9.17) is 42.4 Å². The van der Waals surface area contributed by atoms with Gasteiger partial charge in [-0.1, -0.05) is 92.5 Å². The molecule has 67 heavy (non-hydrogen) atoms. The second-order valence-electron chi connectivity index (χ2n) is 17.2. The number of esters is 1. The van der Waals surface area contributed by atoms with E-state index in [1.54, 1.807) is 67.9 Å². The first-order chi connectivity index (χ1) is 30.8. The van der Waals surface area contributed by atoms with Crippen molar-refractivity contribution in [3.63, 3.8) is 0 Å². The molecule has 2 aromatic heterocycles. The van der Waals surface area contributed by atoms with Gasteiger partial charge in [0.15, 0.2) is 0 Å². The van der Waals surface area contributed by atoms with Gasteiger partial charge >= 0.3 is 29.0 Å². The first-order valence-corrected chi connectivity index (χ1v) is 22.3. The van der Waals surface area contributed by atoms with Crippen LogP contribution in [-0.4, -0.2) is 85.5 Å². The monoisotopic (exact) mass is 1020 g/mol. The summed E-state index contributed by atoms with van der Waals surface area (Å²) in [7, 11) is 4.47. The van der Waals surface area contributed by atoms with Crippen molar-refractivity contribution in [3.05, 3.63) is 161 Å². The van der Waals surface area contributed by atoms with Crippen molar-refractivity contribution < 1.29 is 44.8 Å². The normalized spacial score (nSPS) is 15.3. The number of carbonyl (C=O) groups excluding carboxylic acids is 1. The van der Waals surface area contributed by atoms with E-state index >= 15 is 8.78 Å². The van der Waals surface area contributed by atoms with Crippen LogP contribution in [0.2, 0.25) is 10.0 Å². The van der Waals surface area contributed by atoms with Crippen LogP contribution in [0.5, 0.6) is 11.5 Å². The number of hydrogen-bond acceptors (Lipinski definition) is 8. The summed E-state index contributed by atoms with van der Waals surface area (Å²) in [4.78, 5) is 25.7. The molecule has 2 aliphatic heterocycles. The van der Waals surface area contributed by atoms with Crippen molar-refractivity contribution in [2.24, 2.45) is 5.41 Å². The van der Waals surface area contributed by atoms with E-state index in [0.717, 1.165) is 48.7 Å². The average molecular weight is 1030 g/mol. The minimum absolute atomic E-state index is 0. The molecule has 6 aromatic rings. The number of carbonyl (C=O) groups is 1. The van der Waals surface area contributed by atoms with Gasteiger partial charge in [0.1, 0.15) is 40.8 Å². The molecule has 0 saturated carbocycles. The zero-order chi connectivity index (χ0) is 45.5. The molecule has 4 aromatic carbocycles. The van der Waals surface area contributed by atoms with E-state index < -0.39 is 0 Å². The van der Waals surface area contributed by atoms with Gasteiger partial charge in [0.05, 0.1) is 32.5 Å². The van der Waals surface area contributed by atoms with E-state index in [1.807, 2.05) is 41.4 Å². The number of halogens is 5. The van der Waals surface area contributed by atoms with Crippen LogP contribution in [0.15, 0.2) is 109 Å². The van der Waals surface area contributed by atoms with Gasteiger partial charge in [0.25, 0.3) is 0 Å². The van der Waals surface area contributed by atoms with Gasteiger partial charge < -0.3 is 48.4 Å². The summed E-state index contributed by atoms with van der Waals surface area (Å²) in [5, 5.41) is 1.09. The molecule has 2 atom stereocenters. The number of anilines is 2. The van der Waals surface area contributed by atoms with Crippen molar-refractivity contribution in [2.75, 3.05) is 44.2 Å². The molecule has 8 nitrogen and oxygen atoms in total. The molecule has 0 amide bonds. The summed E-state index contributed by atoms with van der Waals surface area (Å²) < 4.78 is 46.8. The smallest absolute Gasteiger partial charge is 1.00 e. The van der Waals surface area contributed by atoms with Crippen LogP contribution in [0.1, 0.15) is 68.7 Å². The largest absolute Gasteiger partial charge is 2.00 e. The minimum atomic E-state index is -0.346. The molecule has 0 N–H and O–H groups in total. The van der Waals surface area contributed by atoms with Gasteiger partial charge in [0.2, 0.25) is 0 Å². The zero-order valence-corrected chi connectivity index (χ0v) is 43.7. The molecule has 0 spiro atoms. The number of aromatic nitrogens is 2. The topological polar surface area (TPSA) is 77.0 Å². The SMILES string of the molecule is COC(=O)[C@@H]1CCCN1c1ccc(Cc2ccc(OC)c(-c3cccc(Cl)c3)c2F)cn1.COc1ccc(Cc2ccc(N3CCC[C@H]3C(C)(C)C)nc2)c(F)c1-c1cccc(Cl)c1.[Br-].[CH3-].[Mg+2]. The fourth-order valence-electron chi connectivity index (χ4n) is 8.83. The van der Waals surface area contributed by atoms with E-state index in [1.165, 1.54) is 27.1 Å². The van der Waals surface area contributed by atoms with Crippen molar-refractivity contribution in [1.82, 2.24) is 9.97 Å². The van der Waals surface area contributed by atoms with Crippen LogP contribution in [0.3, 0.4) is 0 Å². The summed E-state index contributed by atoms with van der Waals surface area (Å²) in [5.74, 6) is 1.78. The molecule has 4 heterocycles. The number of ether oxygens (including phenoxy) is 3. The summed E-state index contributed by atoms with van der Waals surface area (Å²) >= 11 is 12.3. The third-order valence-corrected chi connectivity index (χ3v) is 12.5. The Morgan fingerprint density at radius 3 is 1.57 bits per heavy atom. The van der Waals surface area contributed by atoms with E-state index in [9.17, 15) is 4.79 Å². The minimum Gasteiger partial charge on any atom is -1.00 e. The van der Waals surface area contributed by atoms with Crippen LogP contribution in [0, 0.1) is 24.5 Å². The van der Waals surface area contributed by atoms with Crippen molar-refractivity contribution >= 4 is 63.9 Å². The van der Waals surface area contributed by atoms with Crippen LogP contribution >= 0.6 is 23.2 Å². The Kier molecular flexibility index (Phi) is 20.3. The number of nitrogens with zero attached hydrogens (tertiary/aromatic N) is 4. The standard InChI is InChI=1S/C27H30ClFN2O.C25H24ClFN2O3.CH3.BrH.Mg/c1-27(2,3)23-9-6-14-31(23)24-13-10-18(17-30-24)15-20-11-12-22(32-4)25(26(20)29)19-7-5-8-21(28)16-19;1-31-21-10-9-18(24(27)23(21)17-5-3-6-19(26)14-17)13-16-8-11-22(28-15-16)29-12-4-7-20(29)25(30)32-2;;;/h5,7-8,10-13,16-17,23H,6,9,14-15H2,1-4H3;3,5-6,8-11,14-15,20H,4,7,12-13H2,1-2H3;1H3;1H;/q;;-1;;+2/p-1/t23-;20-;;;/m00.../s1. The molecule has 0 unspecified atom stereocenters. The average Bonchev–Trinajstić information content (AvgIpc) is 4.00. The van der Waals surface area contributed by atoms with Gasteiger partial charge in [-0.05, 0) is 113 Å². The molecular weight excluding hydrogens is 970 g/mol. The van der Waals surface area contributed by atoms with Crippen molar-refractivity contribution in [1.29, 1.82) is 0 Å². The van der Waals surface area contributed by atoms with Gasteiger partial charge in [-0.15, -0.1) is 0 Å². The van der Waals surface area contributed by atoms with Crippen molar-refractivity contribution in [2.45, 2.75) is 71.4 Å². The molecule has 0 bridgehead atoms. The first kappa shape index (κ1) is 55.1. The van der Waals surface area contributed by atoms with Crippen LogP contribution in [-0.2, 0) is 22.4 Å². The molecule has 0 aliphatic carbocycles. The fourth-order valence-corrected chi connectivity index (χ4v) is 9.21. The van der Waals surface area contributed by atoms with Gasteiger partial charge in [0, 0.05) is 54.4 Å². The molecule has 8 rings (SSSR count). The molecule has 14 heteroatoms. The van der Waals surface area contributed by atoms with E-state index in [2.05, 4.69) is 42.8 Å². The van der Waals surface area contributed by atoms with Gasteiger partial charge in [-0.25, -0.2) is 23.5 Å². The Balaban J connectivity index is 0.000000280. The second kappa shape index (κ2) is 24.7. The Bertz CT molecular complexity index is 2580. The quantitative estimate of drug-likeness (QED) is 0.0723. The fraction of sp³-hybridized carbons (Fsp3) is 0.321. The maximum atomic E-state index is 15.6. The van der Waals surface area contributed by atoms with E-state index in [0.29, 0.717) is 73.8 Å². The predicted molar refractivity (Wildman–Crippen MR) is 265 cm³/mol. The third-order valence-electron chi connectivity index (χ3n) is 12.0. The number of hydrogen-bond donors (Lipinski definition) is 0. The van der Waals surface area contributed by atoms with Gasteiger partial charge in [-0.2, -0.15) is 0 Å². The Morgan fingerprint density at radius 1 is 0.687 bits per heavy atom. The number of benzene rings is 4. The molecule has 2 fully saturated rings. The third kappa shape index (κ3) is 13.0. The van der Waals surface area contributed by atoms with Crippen LogP contribution < -0.4 is 36.3 Å². The summed E-state index contributed by atoms with van der Waals surface area (Å²) in [5.41, 5.74) is 5.35. The predicted octanol–water partition coefficient (Wildman–Crippen LogP) is 9.51.